The molecular formula is C18H26N2O3. The van der Waals surface area contributed by atoms with Crippen molar-refractivity contribution in [2.75, 3.05) is 13.2 Å². The fraction of sp³-hybridized carbons (Fsp3) is 0.556. The molecule has 5 nitrogen and oxygen atoms in total. The van der Waals surface area contributed by atoms with Crippen molar-refractivity contribution in [2.45, 2.75) is 45.8 Å². The van der Waals surface area contributed by atoms with Crippen LogP contribution in [-0.2, 0) is 9.53 Å². The van der Waals surface area contributed by atoms with Gasteiger partial charge in [-0.3, -0.25) is 9.59 Å². The van der Waals surface area contributed by atoms with Gasteiger partial charge in [0.05, 0.1) is 6.10 Å². The monoisotopic (exact) mass is 318 g/mol. The summed E-state index contributed by atoms with van der Waals surface area (Å²) in [6.45, 7) is 7.05. The predicted molar refractivity (Wildman–Crippen MR) is 89.3 cm³/mol. The zero-order valence-corrected chi connectivity index (χ0v) is 14.1. The highest BCUT2D eigenvalue weighted by molar-refractivity contribution is 5.97. The Morgan fingerprint density at radius 1 is 1.35 bits per heavy atom. The lowest BCUT2D eigenvalue weighted by Gasteiger charge is -2.22. The third-order valence-corrected chi connectivity index (χ3v) is 4.04. The van der Waals surface area contributed by atoms with Crippen LogP contribution in [0.25, 0.3) is 0 Å². The molecule has 0 radical (unpaired) electrons. The van der Waals surface area contributed by atoms with E-state index in [9.17, 15) is 9.59 Å². The lowest BCUT2D eigenvalue weighted by molar-refractivity contribution is -0.124. The summed E-state index contributed by atoms with van der Waals surface area (Å²) in [7, 11) is 0. The van der Waals surface area contributed by atoms with Crippen molar-refractivity contribution in [2.24, 2.45) is 5.92 Å². The molecule has 2 amide bonds. The highest BCUT2D eigenvalue weighted by Gasteiger charge is 2.26. The zero-order valence-electron chi connectivity index (χ0n) is 14.1. The predicted octanol–water partition coefficient (Wildman–Crippen LogP) is 2.04. The molecule has 2 atom stereocenters. The molecule has 2 rings (SSSR count). The third-order valence-electron chi connectivity index (χ3n) is 4.04. The number of hydrogen-bond acceptors (Lipinski definition) is 3. The zero-order chi connectivity index (χ0) is 16.8. The van der Waals surface area contributed by atoms with Crippen LogP contribution in [0.4, 0.5) is 0 Å². The lowest BCUT2D eigenvalue weighted by atomic mass is 10.0. The molecule has 0 aliphatic carbocycles. The molecule has 23 heavy (non-hydrogen) atoms. The van der Waals surface area contributed by atoms with Gasteiger partial charge in [-0.1, -0.05) is 31.5 Å². The smallest absolute Gasteiger partial charge is 0.251 e. The number of rotatable bonds is 6. The van der Waals surface area contributed by atoms with Crippen molar-refractivity contribution < 1.29 is 14.3 Å². The molecule has 0 spiro atoms. The molecule has 1 aliphatic rings. The first-order chi connectivity index (χ1) is 11.0. The molecule has 0 bridgehead atoms. The largest absolute Gasteiger partial charge is 0.376 e. The molecule has 1 heterocycles. The van der Waals surface area contributed by atoms with Crippen LogP contribution in [0.3, 0.4) is 0 Å². The topological polar surface area (TPSA) is 67.4 Å². The van der Waals surface area contributed by atoms with Crippen molar-refractivity contribution >= 4 is 11.8 Å². The second kappa shape index (κ2) is 8.11. The Bertz CT molecular complexity index is 551. The molecule has 5 heteroatoms. The fourth-order valence-electron chi connectivity index (χ4n) is 2.68. The molecule has 1 aliphatic heterocycles. The van der Waals surface area contributed by atoms with Gasteiger partial charge in [-0.05, 0) is 37.8 Å². The van der Waals surface area contributed by atoms with E-state index in [4.69, 9.17) is 4.74 Å². The molecule has 1 fully saturated rings. The van der Waals surface area contributed by atoms with Crippen LogP contribution in [0, 0.1) is 12.8 Å². The van der Waals surface area contributed by atoms with Gasteiger partial charge in [-0.25, -0.2) is 0 Å². The number of carbonyl (C=O) groups is 2. The maximum Gasteiger partial charge on any atom is 0.251 e. The van der Waals surface area contributed by atoms with E-state index in [0.29, 0.717) is 12.1 Å². The quantitative estimate of drug-likeness (QED) is 0.843. The Morgan fingerprint density at radius 2 is 2.13 bits per heavy atom. The van der Waals surface area contributed by atoms with Gasteiger partial charge in [0.2, 0.25) is 5.91 Å². The Hall–Kier alpha value is -1.88. The van der Waals surface area contributed by atoms with Gasteiger partial charge in [-0.15, -0.1) is 0 Å². The van der Waals surface area contributed by atoms with E-state index in [1.54, 1.807) is 6.07 Å². The Morgan fingerprint density at radius 3 is 2.74 bits per heavy atom. The average molecular weight is 318 g/mol. The van der Waals surface area contributed by atoms with Crippen LogP contribution in [-0.4, -0.2) is 37.1 Å². The van der Waals surface area contributed by atoms with E-state index in [0.717, 1.165) is 25.0 Å². The minimum atomic E-state index is -0.551. The van der Waals surface area contributed by atoms with Crippen LogP contribution < -0.4 is 10.6 Å². The van der Waals surface area contributed by atoms with E-state index in [-0.39, 0.29) is 23.8 Å². The SMILES string of the molecule is Cc1cccc(C(=O)N[C@H](C(=O)NC[C@H]2CCCO2)C(C)C)c1. The van der Waals surface area contributed by atoms with Crippen molar-refractivity contribution in [1.82, 2.24) is 10.6 Å². The third kappa shape index (κ3) is 5.06. The van der Waals surface area contributed by atoms with Gasteiger partial charge in [0.25, 0.3) is 5.91 Å². The van der Waals surface area contributed by atoms with Crippen LogP contribution in [0.5, 0.6) is 0 Å². The minimum absolute atomic E-state index is 0.00764. The number of ether oxygens (including phenoxy) is 1. The summed E-state index contributed by atoms with van der Waals surface area (Å²) >= 11 is 0. The second-order valence-corrected chi connectivity index (χ2v) is 6.44. The molecule has 0 saturated carbocycles. The van der Waals surface area contributed by atoms with Crippen LogP contribution in [0.15, 0.2) is 24.3 Å². The van der Waals surface area contributed by atoms with Crippen molar-refractivity contribution in [3.05, 3.63) is 35.4 Å². The molecule has 0 unspecified atom stereocenters. The van der Waals surface area contributed by atoms with Crippen LogP contribution >= 0.6 is 0 Å². The van der Waals surface area contributed by atoms with Crippen molar-refractivity contribution in [3.63, 3.8) is 0 Å². The normalized spacial score (nSPS) is 18.7. The molecule has 1 aromatic rings. The first-order valence-electron chi connectivity index (χ1n) is 8.24. The summed E-state index contributed by atoms with van der Waals surface area (Å²) in [5.41, 5.74) is 1.59. The van der Waals surface area contributed by atoms with Gasteiger partial charge in [0.1, 0.15) is 6.04 Å². The summed E-state index contributed by atoms with van der Waals surface area (Å²) in [5, 5.41) is 5.74. The first kappa shape index (κ1) is 17.5. The standard InChI is InChI=1S/C18H26N2O3/c1-12(2)16(18(22)19-11-15-8-5-9-23-15)20-17(21)14-7-4-6-13(3)10-14/h4,6-7,10,12,15-16H,5,8-9,11H2,1-3H3,(H,19,22)(H,20,21)/t15-,16+/m1/s1. The first-order valence-corrected chi connectivity index (χ1v) is 8.24. The molecule has 1 saturated heterocycles. The van der Waals surface area contributed by atoms with Gasteiger partial charge in [0, 0.05) is 18.7 Å². The van der Waals surface area contributed by atoms with Gasteiger partial charge in [0.15, 0.2) is 0 Å². The lowest BCUT2D eigenvalue weighted by Crippen LogP contribution is -2.50. The Labute approximate surface area is 137 Å². The molecule has 126 valence electrons. The van der Waals surface area contributed by atoms with Crippen molar-refractivity contribution in [3.8, 4) is 0 Å². The summed E-state index contributed by atoms with van der Waals surface area (Å²) in [5.74, 6) is -0.371. The summed E-state index contributed by atoms with van der Waals surface area (Å²) in [4.78, 5) is 24.8. The summed E-state index contributed by atoms with van der Waals surface area (Å²) in [6.07, 6.45) is 2.11. The average Bonchev–Trinajstić information content (AvgIpc) is 3.03. The summed E-state index contributed by atoms with van der Waals surface area (Å²) in [6, 6.07) is 6.79. The molecular weight excluding hydrogens is 292 g/mol. The van der Waals surface area contributed by atoms with Crippen LogP contribution in [0.1, 0.15) is 42.6 Å². The van der Waals surface area contributed by atoms with E-state index in [1.165, 1.54) is 0 Å². The fourth-order valence-corrected chi connectivity index (χ4v) is 2.68. The van der Waals surface area contributed by atoms with Gasteiger partial charge < -0.3 is 15.4 Å². The van der Waals surface area contributed by atoms with E-state index < -0.39 is 6.04 Å². The van der Waals surface area contributed by atoms with Gasteiger partial charge >= 0.3 is 0 Å². The number of carbonyl (C=O) groups excluding carboxylic acids is 2. The number of aryl methyl sites for hydroxylation is 1. The number of amides is 2. The molecule has 2 N–H and O–H groups in total. The Balaban J connectivity index is 1.94. The Kier molecular flexibility index (Phi) is 6.16. The second-order valence-electron chi connectivity index (χ2n) is 6.44. The van der Waals surface area contributed by atoms with Crippen molar-refractivity contribution in [1.29, 1.82) is 0 Å². The maximum absolute atomic E-state index is 12.4. The van der Waals surface area contributed by atoms with E-state index in [1.807, 2.05) is 39.0 Å². The van der Waals surface area contributed by atoms with E-state index >= 15 is 0 Å². The molecule has 1 aromatic carbocycles. The minimum Gasteiger partial charge on any atom is -0.376 e. The summed E-state index contributed by atoms with van der Waals surface area (Å²) < 4.78 is 5.51. The highest BCUT2D eigenvalue weighted by Crippen LogP contribution is 2.11. The number of nitrogens with one attached hydrogen (secondary N) is 2. The highest BCUT2D eigenvalue weighted by atomic mass is 16.5. The molecule has 0 aromatic heterocycles. The van der Waals surface area contributed by atoms with Gasteiger partial charge in [-0.2, -0.15) is 0 Å². The maximum atomic E-state index is 12.4. The number of hydrogen-bond donors (Lipinski definition) is 2. The number of benzene rings is 1. The van der Waals surface area contributed by atoms with E-state index in [2.05, 4.69) is 10.6 Å². The van der Waals surface area contributed by atoms with Crippen LogP contribution in [0.2, 0.25) is 0 Å².